The van der Waals surface area contributed by atoms with Crippen LogP contribution in [0.5, 0.6) is 5.75 Å². The number of nitro groups is 1. The first-order chi connectivity index (χ1) is 9.68. The van der Waals surface area contributed by atoms with Gasteiger partial charge >= 0.3 is 0 Å². The monoisotopic (exact) mass is 269 g/mol. The number of benzene rings is 2. The molecular formula is C15H11NO4. The molecule has 1 aliphatic heterocycles. The van der Waals surface area contributed by atoms with Gasteiger partial charge in [0.25, 0.3) is 5.69 Å². The fourth-order valence-corrected chi connectivity index (χ4v) is 2.37. The Balaban J connectivity index is 2.24. The molecule has 0 amide bonds. The number of nitro benzene ring substituents is 1. The van der Waals surface area contributed by atoms with Gasteiger partial charge in [0.1, 0.15) is 5.75 Å². The average molecular weight is 269 g/mol. The van der Waals surface area contributed by atoms with Crippen LogP contribution in [-0.2, 0) is 0 Å². The molecule has 0 spiro atoms. The van der Waals surface area contributed by atoms with Gasteiger partial charge < -0.3 is 4.74 Å². The smallest absolute Gasteiger partial charge is 0.277 e. The summed E-state index contributed by atoms with van der Waals surface area (Å²) in [6.45, 7) is 0.309. The Labute approximate surface area is 115 Å². The van der Waals surface area contributed by atoms with E-state index in [-0.39, 0.29) is 11.5 Å². The van der Waals surface area contributed by atoms with Gasteiger partial charge in [-0.25, -0.2) is 0 Å². The van der Waals surface area contributed by atoms with E-state index in [1.54, 1.807) is 36.4 Å². The largest absolute Gasteiger partial charge is 0.492 e. The minimum atomic E-state index is -0.431. The molecule has 0 fully saturated rings. The molecule has 5 heteroatoms. The third-order valence-electron chi connectivity index (χ3n) is 3.28. The van der Waals surface area contributed by atoms with Crippen molar-refractivity contribution in [2.45, 2.75) is 6.42 Å². The Bertz CT molecular complexity index is 709. The molecule has 0 saturated carbocycles. The molecule has 0 saturated heterocycles. The van der Waals surface area contributed by atoms with Crippen molar-refractivity contribution in [1.82, 2.24) is 0 Å². The van der Waals surface area contributed by atoms with E-state index in [0.29, 0.717) is 35.5 Å². The lowest BCUT2D eigenvalue weighted by atomic mass is 9.96. The highest BCUT2D eigenvalue weighted by molar-refractivity contribution is 6.02. The number of para-hydroxylation sites is 2. The Morgan fingerprint density at radius 3 is 2.50 bits per heavy atom. The lowest BCUT2D eigenvalue weighted by molar-refractivity contribution is -0.384. The second kappa shape index (κ2) is 4.77. The number of carbonyl (C=O) groups excluding carboxylic acids is 1. The van der Waals surface area contributed by atoms with Crippen LogP contribution in [-0.4, -0.2) is 17.3 Å². The molecule has 0 radical (unpaired) electrons. The fourth-order valence-electron chi connectivity index (χ4n) is 2.37. The van der Waals surface area contributed by atoms with Gasteiger partial charge in [-0.1, -0.05) is 24.3 Å². The zero-order valence-electron chi connectivity index (χ0n) is 10.5. The van der Waals surface area contributed by atoms with Crippen LogP contribution in [0.25, 0.3) is 11.1 Å². The predicted octanol–water partition coefficient (Wildman–Crippen LogP) is 3.23. The SMILES string of the molecule is O=C1CCOc2c1cccc2-c1ccccc1[N+](=O)[O-]. The van der Waals surface area contributed by atoms with Crippen LogP contribution in [0.4, 0.5) is 5.69 Å². The maximum absolute atomic E-state index is 11.9. The molecule has 5 nitrogen and oxygen atoms in total. The van der Waals surface area contributed by atoms with Crippen LogP contribution in [0, 0.1) is 10.1 Å². The quantitative estimate of drug-likeness (QED) is 0.620. The van der Waals surface area contributed by atoms with Crippen molar-refractivity contribution >= 4 is 11.5 Å². The summed E-state index contributed by atoms with van der Waals surface area (Å²) < 4.78 is 5.57. The van der Waals surface area contributed by atoms with Crippen molar-refractivity contribution < 1.29 is 14.5 Å². The Morgan fingerprint density at radius 1 is 1.00 bits per heavy atom. The molecule has 0 bridgehead atoms. The highest BCUT2D eigenvalue weighted by atomic mass is 16.6. The van der Waals surface area contributed by atoms with Crippen LogP contribution in [0.2, 0.25) is 0 Å². The van der Waals surface area contributed by atoms with Gasteiger partial charge in [-0.05, 0) is 12.1 Å². The van der Waals surface area contributed by atoms with E-state index >= 15 is 0 Å². The standard InChI is InChI=1S/C15H11NO4/c17-14-8-9-20-15-11(5-3-6-12(14)15)10-4-1-2-7-13(10)16(18)19/h1-7H,8-9H2. The predicted molar refractivity (Wildman–Crippen MR) is 73.0 cm³/mol. The number of ketones is 1. The lowest BCUT2D eigenvalue weighted by Gasteiger charge is -2.19. The molecule has 0 atom stereocenters. The first-order valence-corrected chi connectivity index (χ1v) is 6.21. The minimum Gasteiger partial charge on any atom is -0.492 e. The van der Waals surface area contributed by atoms with Gasteiger partial charge in [0.2, 0.25) is 0 Å². The van der Waals surface area contributed by atoms with Gasteiger partial charge in [0.15, 0.2) is 5.78 Å². The summed E-state index contributed by atoms with van der Waals surface area (Å²) in [4.78, 5) is 22.6. The Kier molecular flexibility index (Phi) is 2.95. The third-order valence-corrected chi connectivity index (χ3v) is 3.28. The van der Waals surface area contributed by atoms with E-state index in [1.165, 1.54) is 6.07 Å². The van der Waals surface area contributed by atoms with Crippen molar-refractivity contribution in [3.63, 3.8) is 0 Å². The normalized spacial score (nSPS) is 13.5. The van der Waals surface area contributed by atoms with Crippen molar-refractivity contribution in [1.29, 1.82) is 0 Å². The summed E-state index contributed by atoms with van der Waals surface area (Å²) in [7, 11) is 0. The number of hydrogen-bond donors (Lipinski definition) is 0. The van der Waals surface area contributed by atoms with E-state index in [2.05, 4.69) is 0 Å². The van der Waals surface area contributed by atoms with E-state index in [0.717, 1.165) is 0 Å². The average Bonchev–Trinajstić information content (AvgIpc) is 2.47. The molecular weight excluding hydrogens is 258 g/mol. The number of rotatable bonds is 2. The summed E-state index contributed by atoms with van der Waals surface area (Å²) in [5.41, 5.74) is 1.54. The molecule has 0 N–H and O–H groups in total. The molecule has 1 aliphatic rings. The molecule has 100 valence electrons. The molecule has 0 unspecified atom stereocenters. The molecule has 20 heavy (non-hydrogen) atoms. The van der Waals surface area contributed by atoms with Gasteiger partial charge in [-0.2, -0.15) is 0 Å². The van der Waals surface area contributed by atoms with Crippen molar-refractivity contribution in [2.75, 3.05) is 6.61 Å². The topological polar surface area (TPSA) is 69.4 Å². The number of Topliss-reactive ketones (excluding diaryl/α,β-unsaturated/α-hetero) is 1. The van der Waals surface area contributed by atoms with E-state index in [1.807, 2.05) is 0 Å². The summed E-state index contributed by atoms with van der Waals surface area (Å²) in [6, 6.07) is 11.6. The van der Waals surface area contributed by atoms with E-state index < -0.39 is 4.92 Å². The number of nitrogens with zero attached hydrogens (tertiary/aromatic N) is 1. The highest BCUT2D eigenvalue weighted by Crippen LogP contribution is 2.39. The fraction of sp³-hybridized carbons (Fsp3) is 0.133. The molecule has 3 rings (SSSR count). The molecule has 0 aliphatic carbocycles. The number of fused-ring (bicyclic) bond motifs is 1. The van der Waals surface area contributed by atoms with E-state index in [9.17, 15) is 14.9 Å². The first-order valence-electron chi connectivity index (χ1n) is 6.21. The zero-order chi connectivity index (χ0) is 14.1. The Hall–Kier alpha value is -2.69. The van der Waals surface area contributed by atoms with Crippen molar-refractivity contribution in [2.24, 2.45) is 0 Å². The van der Waals surface area contributed by atoms with Gasteiger partial charge in [-0.15, -0.1) is 0 Å². The molecule has 2 aromatic rings. The number of hydrogen-bond acceptors (Lipinski definition) is 4. The summed E-state index contributed by atoms with van der Waals surface area (Å²) in [5.74, 6) is 0.449. The van der Waals surface area contributed by atoms with Crippen LogP contribution < -0.4 is 4.74 Å². The van der Waals surface area contributed by atoms with Crippen LogP contribution >= 0.6 is 0 Å². The second-order valence-corrected chi connectivity index (χ2v) is 4.48. The van der Waals surface area contributed by atoms with Gasteiger partial charge in [0, 0.05) is 18.1 Å². The maximum Gasteiger partial charge on any atom is 0.277 e. The second-order valence-electron chi connectivity index (χ2n) is 4.48. The lowest BCUT2D eigenvalue weighted by Crippen LogP contribution is -2.15. The Morgan fingerprint density at radius 2 is 1.70 bits per heavy atom. The number of ether oxygens (including phenoxy) is 1. The van der Waals surface area contributed by atoms with Crippen LogP contribution in [0.3, 0.4) is 0 Å². The summed E-state index contributed by atoms with van der Waals surface area (Å²) in [5, 5.41) is 11.1. The van der Waals surface area contributed by atoms with Crippen LogP contribution in [0.15, 0.2) is 42.5 Å². The van der Waals surface area contributed by atoms with Gasteiger partial charge in [-0.3, -0.25) is 14.9 Å². The van der Waals surface area contributed by atoms with Gasteiger partial charge in [0.05, 0.1) is 22.7 Å². The summed E-state index contributed by atoms with van der Waals surface area (Å²) >= 11 is 0. The minimum absolute atomic E-state index is 0.00234. The third kappa shape index (κ3) is 1.93. The molecule has 1 heterocycles. The zero-order valence-corrected chi connectivity index (χ0v) is 10.5. The molecule has 0 aromatic heterocycles. The summed E-state index contributed by atoms with van der Waals surface area (Å²) in [6.07, 6.45) is 0.341. The van der Waals surface area contributed by atoms with Crippen LogP contribution in [0.1, 0.15) is 16.8 Å². The van der Waals surface area contributed by atoms with Crippen molar-refractivity contribution in [3.8, 4) is 16.9 Å². The highest BCUT2D eigenvalue weighted by Gasteiger charge is 2.24. The van der Waals surface area contributed by atoms with Crippen molar-refractivity contribution in [3.05, 3.63) is 58.1 Å². The number of carbonyl (C=O) groups is 1. The maximum atomic E-state index is 11.9. The first kappa shape index (κ1) is 12.3. The molecule has 2 aromatic carbocycles. The van der Waals surface area contributed by atoms with E-state index in [4.69, 9.17) is 4.74 Å².